The molecule has 3 aromatic rings. The third-order valence-corrected chi connectivity index (χ3v) is 5.37. The van der Waals surface area contributed by atoms with Gasteiger partial charge in [0.25, 0.3) is 0 Å². The van der Waals surface area contributed by atoms with Gasteiger partial charge >= 0.3 is 0 Å². The van der Waals surface area contributed by atoms with E-state index in [1.54, 1.807) is 0 Å². The van der Waals surface area contributed by atoms with E-state index >= 15 is 0 Å². The lowest BCUT2D eigenvalue weighted by atomic mass is 10.1. The second kappa shape index (κ2) is 7.16. The van der Waals surface area contributed by atoms with E-state index in [-0.39, 0.29) is 5.92 Å². The van der Waals surface area contributed by atoms with Crippen molar-refractivity contribution in [2.75, 3.05) is 6.61 Å². The van der Waals surface area contributed by atoms with Crippen molar-refractivity contribution in [2.45, 2.75) is 32.7 Å². The zero-order valence-electron chi connectivity index (χ0n) is 14.9. The number of rotatable bonds is 7. The Morgan fingerprint density at radius 1 is 1.23 bits per heavy atom. The Morgan fingerprint density at radius 2 is 2.04 bits per heavy atom. The van der Waals surface area contributed by atoms with E-state index in [0.717, 1.165) is 58.6 Å². The van der Waals surface area contributed by atoms with Crippen molar-refractivity contribution in [2.24, 2.45) is 5.92 Å². The van der Waals surface area contributed by atoms with E-state index in [1.165, 1.54) is 0 Å². The Hall–Kier alpha value is -2.26. The third-order valence-electron chi connectivity index (χ3n) is 4.94. The number of ketones is 1. The van der Waals surface area contributed by atoms with Crippen molar-refractivity contribution in [3.8, 4) is 5.75 Å². The molecule has 1 aromatic heterocycles. The van der Waals surface area contributed by atoms with E-state index in [2.05, 4.69) is 16.7 Å². The van der Waals surface area contributed by atoms with Gasteiger partial charge in [-0.2, -0.15) is 0 Å². The minimum absolute atomic E-state index is 0.241. The SMILES string of the molecule is Cc1cc(OCCCn2cc(C(=O)C3CC3)c3ccccc32)ccc1Cl. The minimum Gasteiger partial charge on any atom is -0.494 e. The summed E-state index contributed by atoms with van der Waals surface area (Å²) in [6, 6.07) is 13.9. The second-order valence-corrected chi connectivity index (χ2v) is 7.41. The molecule has 1 aliphatic rings. The number of halogens is 1. The molecule has 0 spiro atoms. The molecule has 1 saturated carbocycles. The Labute approximate surface area is 158 Å². The molecule has 0 bridgehead atoms. The number of aryl methyl sites for hydroxylation is 2. The van der Waals surface area contributed by atoms with E-state index in [9.17, 15) is 4.79 Å². The number of carbonyl (C=O) groups excluding carboxylic acids is 1. The van der Waals surface area contributed by atoms with Crippen molar-refractivity contribution in [1.29, 1.82) is 0 Å². The van der Waals surface area contributed by atoms with Crippen LogP contribution in [0.25, 0.3) is 10.9 Å². The number of carbonyl (C=O) groups is 1. The highest BCUT2D eigenvalue weighted by molar-refractivity contribution is 6.31. The smallest absolute Gasteiger partial charge is 0.168 e. The Morgan fingerprint density at radius 3 is 2.81 bits per heavy atom. The normalized spacial score (nSPS) is 13.9. The van der Waals surface area contributed by atoms with Gasteiger partial charge in [-0.3, -0.25) is 4.79 Å². The Kier molecular flexibility index (Phi) is 4.73. The summed E-state index contributed by atoms with van der Waals surface area (Å²) in [5, 5.41) is 1.82. The molecule has 1 heterocycles. The first-order chi connectivity index (χ1) is 12.6. The fraction of sp³-hybridized carbons (Fsp3) is 0.318. The number of ether oxygens (including phenoxy) is 1. The number of hydrogen-bond donors (Lipinski definition) is 0. The summed E-state index contributed by atoms with van der Waals surface area (Å²) in [5.74, 6) is 1.38. The maximum atomic E-state index is 12.6. The van der Waals surface area contributed by atoms with E-state index in [4.69, 9.17) is 16.3 Å². The predicted octanol–water partition coefficient (Wildman–Crippen LogP) is 5.66. The van der Waals surface area contributed by atoms with Gasteiger partial charge in [-0.05, 0) is 56.0 Å². The van der Waals surface area contributed by atoms with Gasteiger partial charge in [0.05, 0.1) is 6.61 Å². The molecular weight excluding hydrogens is 346 g/mol. The van der Waals surface area contributed by atoms with Gasteiger partial charge in [-0.25, -0.2) is 0 Å². The maximum Gasteiger partial charge on any atom is 0.168 e. The monoisotopic (exact) mass is 367 g/mol. The predicted molar refractivity (Wildman–Crippen MR) is 105 cm³/mol. The van der Waals surface area contributed by atoms with Gasteiger partial charge in [0.15, 0.2) is 5.78 Å². The first-order valence-corrected chi connectivity index (χ1v) is 9.52. The standard InChI is InChI=1S/C22H22ClNO2/c1-15-13-17(9-10-20(15)23)26-12-4-11-24-14-19(22(25)16-7-8-16)18-5-2-3-6-21(18)24/h2-3,5-6,9-10,13-14,16H,4,7-8,11-12H2,1H3. The lowest BCUT2D eigenvalue weighted by Crippen LogP contribution is -2.04. The fourth-order valence-electron chi connectivity index (χ4n) is 3.33. The van der Waals surface area contributed by atoms with Gasteiger partial charge < -0.3 is 9.30 Å². The summed E-state index contributed by atoms with van der Waals surface area (Å²) >= 11 is 6.05. The van der Waals surface area contributed by atoms with Gasteiger partial charge in [-0.1, -0.05) is 29.8 Å². The van der Waals surface area contributed by atoms with E-state index < -0.39 is 0 Å². The third kappa shape index (κ3) is 3.49. The lowest BCUT2D eigenvalue weighted by molar-refractivity contribution is 0.0969. The molecule has 4 heteroatoms. The molecule has 2 aromatic carbocycles. The molecule has 26 heavy (non-hydrogen) atoms. The summed E-state index contributed by atoms with van der Waals surface area (Å²) in [6.07, 6.45) is 4.97. The quantitative estimate of drug-likeness (QED) is 0.398. The average molecular weight is 368 g/mol. The van der Waals surface area contributed by atoms with Crippen LogP contribution in [0.5, 0.6) is 5.75 Å². The van der Waals surface area contributed by atoms with Crippen LogP contribution in [-0.2, 0) is 6.54 Å². The summed E-state index contributed by atoms with van der Waals surface area (Å²) in [5.41, 5.74) is 3.01. The molecule has 0 unspecified atom stereocenters. The van der Waals surface area contributed by atoms with Crippen LogP contribution >= 0.6 is 11.6 Å². The Balaban J connectivity index is 1.44. The summed E-state index contributed by atoms with van der Waals surface area (Å²) < 4.78 is 8.02. The minimum atomic E-state index is 0.241. The van der Waals surface area contributed by atoms with Crippen LogP contribution in [-0.4, -0.2) is 17.0 Å². The van der Waals surface area contributed by atoms with Crippen LogP contribution in [0.3, 0.4) is 0 Å². The van der Waals surface area contributed by atoms with Crippen LogP contribution in [0, 0.1) is 12.8 Å². The van der Waals surface area contributed by atoms with Crippen molar-refractivity contribution >= 4 is 28.3 Å². The Bertz CT molecular complexity index is 956. The van der Waals surface area contributed by atoms with Crippen molar-refractivity contribution in [3.05, 3.63) is 64.8 Å². The van der Waals surface area contributed by atoms with Crippen LogP contribution in [0.1, 0.15) is 35.2 Å². The number of aromatic nitrogens is 1. The molecule has 1 aliphatic carbocycles. The molecule has 0 saturated heterocycles. The van der Waals surface area contributed by atoms with E-state index in [0.29, 0.717) is 12.4 Å². The highest BCUT2D eigenvalue weighted by atomic mass is 35.5. The molecule has 0 atom stereocenters. The zero-order chi connectivity index (χ0) is 18.1. The first-order valence-electron chi connectivity index (χ1n) is 9.14. The van der Waals surface area contributed by atoms with Gasteiger partial charge in [0, 0.05) is 40.1 Å². The number of Topliss-reactive ketones (excluding diaryl/α,β-unsaturated/α-hetero) is 1. The fourth-order valence-corrected chi connectivity index (χ4v) is 3.44. The molecule has 1 fully saturated rings. The molecule has 134 valence electrons. The second-order valence-electron chi connectivity index (χ2n) is 7.00. The van der Waals surface area contributed by atoms with Crippen LogP contribution in [0.15, 0.2) is 48.7 Å². The summed E-state index contributed by atoms with van der Waals surface area (Å²) in [4.78, 5) is 12.6. The first kappa shape index (κ1) is 17.2. The molecule has 0 N–H and O–H groups in total. The maximum absolute atomic E-state index is 12.6. The van der Waals surface area contributed by atoms with Gasteiger partial charge in [-0.15, -0.1) is 0 Å². The molecule has 4 rings (SSSR count). The zero-order valence-corrected chi connectivity index (χ0v) is 15.6. The van der Waals surface area contributed by atoms with Crippen LogP contribution in [0.4, 0.5) is 0 Å². The molecular formula is C22H22ClNO2. The molecule has 0 amide bonds. The largest absolute Gasteiger partial charge is 0.494 e. The summed E-state index contributed by atoms with van der Waals surface area (Å²) in [6.45, 7) is 3.42. The van der Waals surface area contributed by atoms with Crippen molar-refractivity contribution < 1.29 is 9.53 Å². The number of benzene rings is 2. The van der Waals surface area contributed by atoms with Crippen LogP contribution < -0.4 is 4.74 Å². The molecule has 0 radical (unpaired) electrons. The van der Waals surface area contributed by atoms with E-state index in [1.807, 2.05) is 43.5 Å². The molecule has 0 aliphatic heterocycles. The average Bonchev–Trinajstić information content (AvgIpc) is 3.43. The lowest BCUT2D eigenvalue weighted by Gasteiger charge is -2.09. The van der Waals surface area contributed by atoms with Gasteiger partial charge in [0.1, 0.15) is 5.75 Å². The van der Waals surface area contributed by atoms with Crippen LogP contribution in [0.2, 0.25) is 5.02 Å². The highest BCUT2D eigenvalue weighted by Gasteiger charge is 2.32. The highest BCUT2D eigenvalue weighted by Crippen LogP contribution is 2.35. The molecule has 3 nitrogen and oxygen atoms in total. The number of hydrogen-bond acceptors (Lipinski definition) is 2. The van der Waals surface area contributed by atoms with Gasteiger partial charge in [0.2, 0.25) is 0 Å². The summed E-state index contributed by atoms with van der Waals surface area (Å²) in [7, 11) is 0. The number of fused-ring (bicyclic) bond motifs is 1. The topological polar surface area (TPSA) is 31.2 Å². The number of nitrogens with zero attached hydrogens (tertiary/aromatic N) is 1. The van der Waals surface area contributed by atoms with Crippen molar-refractivity contribution in [1.82, 2.24) is 4.57 Å². The van der Waals surface area contributed by atoms with Crippen molar-refractivity contribution in [3.63, 3.8) is 0 Å². The number of para-hydroxylation sites is 1.